The van der Waals surface area contributed by atoms with Gasteiger partial charge in [0.15, 0.2) is 0 Å². The fourth-order valence-electron chi connectivity index (χ4n) is 2.04. The number of hydrogen-bond donors (Lipinski definition) is 2. The molecule has 1 rings (SSSR count). The van der Waals surface area contributed by atoms with Gasteiger partial charge in [-0.3, -0.25) is 9.69 Å². The van der Waals surface area contributed by atoms with Crippen molar-refractivity contribution in [2.45, 2.75) is 25.8 Å². The molecular formula is C11H23N3O. The van der Waals surface area contributed by atoms with Gasteiger partial charge in [0.05, 0.1) is 6.04 Å². The normalized spacial score (nSPS) is 20.3. The maximum absolute atomic E-state index is 11.4. The number of likely N-dealkylation sites (N-methyl/N-ethyl adjacent to an activating group) is 2. The Bertz CT molecular complexity index is 202. The smallest absolute Gasteiger partial charge is 0.236 e. The Labute approximate surface area is 92.4 Å². The van der Waals surface area contributed by atoms with Crippen molar-refractivity contribution in [1.82, 2.24) is 15.5 Å². The first-order valence-electron chi connectivity index (χ1n) is 5.77. The molecule has 1 amide bonds. The largest absolute Gasteiger partial charge is 0.358 e. The van der Waals surface area contributed by atoms with Gasteiger partial charge >= 0.3 is 0 Å². The first-order valence-corrected chi connectivity index (χ1v) is 5.77. The quantitative estimate of drug-likeness (QED) is 0.694. The first-order chi connectivity index (χ1) is 7.15. The van der Waals surface area contributed by atoms with Crippen LogP contribution in [-0.2, 0) is 4.79 Å². The molecule has 0 aromatic heterocycles. The molecule has 0 aliphatic carbocycles. The zero-order valence-corrected chi connectivity index (χ0v) is 10.0. The van der Waals surface area contributed by atoms with E-state index in [1.54, 1.807) is 7.05 Å². The Balaban J connectivity index is 2.32. The first kappa shape index (κ1) is 12.5. The van der Waals surface area contributed by atoms with E-state index in [1.807, 2.05) is 14.0 Å². The summed E-state index contributed by atoms with van der Waals surface area (Å²) in [5.74, 6) is 0.842. The van der Waals surface area contributed by atoms with Crippen LogP contribution in [-0.4, -0.2) is 50.6 Å². The highest BCUT2D eigenvalue weighted by atomic mass is 16.2. The van der Waals surface area contributed by atoms with Crippen molar-refractivity contribution in [1.29, 1.82) is 0 Å². The minimum atomic E-state index is -0.0233. The van der Waals surface area contributed by atoms with Crippen LogP contribution < -0.4 is 10.6 Å². The highest BCUT2D eigenvalue weighted by Crippen LogP contribution is 2.13. The lowest BCUT2D eigenvalue weighted by Gasteiger charge is -2.30. The van der Waals surface area contributed by atoms with Crippen molar-refractivity contribution in [3.05, 3.63) is 0 Å². The molecule has 1 atom stereocenters. The van der Waals surface area contributed by atoms with Crippen LogP contribution in [0.2, 0.25) is 0 Å². The molecule has 0 spiro atoms. The summed E-state index contributed by atoms with van der Waals surface area (Å²) < 4.78 is 0. The standard InChI is InChI=1S/C11H23N3O/c1-9(11(15)12-2)14(3)8-10-4-6-13-7-5-10/h9-10,13H,4-8H2,1-3H3,(H,12,15). The lowest BCUT2D eigenvalue weighted by molar-refractivity contribution is -0.125. The van der Waals surface area contributed by atoms with Crippen molar-refractivity contribution in [3.63, 3.8) is 0 Å². The summed E-state index contributed by atoms with van der Waals surface area (Å²) in [6.07, 6.45) is 2.45. The fraction of sp³-hybridized carbons (Fsp3) is 0.909. The minimum absolute atomic E-state index is 0.0233. The van der Waals surface area contributed by atoms with Crippen LogP contribution in [0.1, 0.15) is 19.8 Å². The SMILES string of the molecule is CNC(=O)C(C)N(C)CC1CCNCC1. The zero-order valence-electron chi connectivity index (χ0n) is 10.0. The Morgan fingerprint density at radius 1 is 1.53 bits per heavy atom. The molecule has 4 heteroatoms. The van der Waals surface area contributed by atoms with Crippen molar-refractivity contribution >= 4 is 5.91 Å². The average molecular weight is 213 g/mol. The second kappa shape index (κ2) is 6.08. The van der Waals surface area contributed by atoms with E-state index in [0.29, 0.717) is 0 Å². The summed E-state index contributed by atoms with van der Waals surface area (Å²) in [5.41, 5.74) is 0. The minimum Gasteiger partial charge on any atom is -0.358 e. The number of nitrogens with zero attached hydrogens (tertiary/aromatic N) is 1. The highest BCUT2D eigenvalue weighted by Gasteiger charge is 2.21. The molecule has 15 heavy (non-hydrogen) atoms. The number of hydrogen-bond acceptors (Lipinski definition) is 3. The van der Waals surface area contributed by atoms with Gasteiger partial charge in [-0.2, -0.15) is 0 Å². The van der Waals surface area contributed by atoms with Crippen molar-refractivity contribution in [2.75, 3.05) is 33.7 Å². The molecule has 1 fully saturated rings. The van der Waals surface area contributed by atoms with Crippen LogP contribution in [0.5, 0.6) is 0 Å². The van der Waals surface area contributed by atoms with Crippen molar-refractivity contribution in [2.24, 2.45) is 5.92 Å². The second-order valence-corrected chi connectivity index (χ2v) is 4.42. The van der Waals surface area contributed by atoms with E-state index in [4.69, 9.17) is 0 Å². The molecule has 1 saturated heterocycles. The molecule has 0 radical (unpaired) electrons. The van der Waals surface area contributed by atoms with Crippen LogP contribution in [0.15, 0.2) is 0 Å². The van der Waals surface area contributed by atoms with E-state index in [9.17, 15) is 4.79 Å². The van der Waals surface area contributed by atoms with Gasteiger partial charge in [-0.15, -0.1) is 0 Å². The topological polar surface area (TPSA) is 44.4 Å². The van der Waals surface area contributed by atoms with Gasteiger partial charge in [0.25, 0.3) is 0 Å². The van der Waals surface area contributed by atoms with Gasteiger partial charge in [-0.1, -0.05) is 0 Å². The van der Waals surface area contributed by atoms with E-state index in [2.05, 4.69) is 15.5 Å². The summed E-state index contributed by atoms with van der Waals surface area (Å²) in [6.45, 7) is 5.22. The Morgan fingerprint density at radius 2 is 2.13 bits per heavy atom. The summed E-state index contributed by atoms with van der Waals surface area (Å²) in [4.78, 5) is 13.6. The van der Waals surface area contributed by atoms with Gasteiger partial charge in [0.1, 0.15) is 0 Å². The van der Waals surface area contributed by atoms with E-state index >= 15 is 0 Å². The van der Waals surface area contributed by atoms with Gasteiger partial charge in [-0.05, 0) is 45.8 Å². The van der Waals surface area contributed by atoms with Crippen LogP contribution in [0.3, 0.4) is 0 Å². The van der Waals surface area contributed by atoms with E-state index in [1.165, 1.54) is 12.8 Å². The number of nitrogens with one attached hydrogen (secondary N) is 2. The van der Waals surface area contributed by atoms with Crippen LogP contribution in [0, 0.1) is 5.92 Å². The Kier molecular flexibility index (Phi) is 5.05. The molecule has 1 aliphatic heterocycles. The zero-order chi connectivity index (χ0) is 11.3. The van der Waals surface area contributed by atoms with Crippen LogP contribution in [0.25, 0.3) is 0 Å². The van der Waals surface area contributed by atoms with Crippen LogP contribution >= 0.6 is 0 Å². The predicted octanol–water partition coefficient (Wildman–Crippen LogP) is 0.0523. The van der Waals surface area contributed by atoms with Gasteiger partial charge in [0, 0.05) is 13.6 Å². The van der Waals surface area contributed by atoms with Gasteiger partial charge < -0.3 is 10.6 Å². The average Bonchev–Trinajstić information content (AvgIpc) is 2.28. The summed E-state index contributed by atoms with van der Waals surface area (Å²) in [7, 11) is 3.72. The third-order valence-corrected chi connectivity index (χ3v) is 3.29. The molecule has 0 saturated carbocycles. The number of piperidine rings is 1. The van der Waals surface area contributed by atoms with Crippen molar-refractivity contribution < 1.29 is 4.79 Å². The Morgan fingerprint density at radius 3 is 2.67 bits per heavy atom. The predicted molar refractivity (Wildman–Crippen MR) is 61.8 cm³/mol. The molecule has 88 valence electrons. The monoisotopic (exact) mass is 213 g/mol. The number of amides is 1. The molecule has 1 aliphatic rings. The lowest BCUT2D eigenvalue weighted by Crippen LogP contribution is -2.45. The summed E-state index contributed by atoms with van der Waals surface area (Å²) in [6, 6.07) is -0.0233. The molecule has 1 heterocycles. The molecule has 4 nitrogen and oxygen atoms in total. The molecule has 0 bridgehead atoms. The van der Waals surface area contributed by atoms with Gasteiger partial charge in [0.2, 0.25) is 5.91 Å². The molecule has 0 aromatic carbocycles. The van der Waals surface area contributed by atoms with E-state index in [0.717, 1.165) is 25.6 Å². The number of carbonyl (C=O) groups is 1. The third-order valence-electron chi connectivity index (χ3n) is 3.29. The molecule has 1 unspecified atom stereocenters. The molecule has 2 N–H and O–H groups in total. The van der Waals surface area contributed by atoms with Crippen molar-refractivity contribution in [3.8, 4) is 0 Å². The number of carbonyl (C=O) groups excluding carboxylic acids is 1. The van der Waals surface area contributed by atoms with Gasteiger partial charge in [-0.25, -0.2) is 0 Å². The summed E-state index contributed by atoms with van der Waals surface area (Å²) >= 11 is 0. The van der Waals surface area contributed by atoms with E-state index < -0.39 is 0 Å². The number of rotatable bonds is 4. The lowest BCUT2D eigenvalue weighted by atomic mass is 9.97. The molecular weight excluding hydrogens is 190 g/mol. The summed E-state index contributed by atoms with van der Waals surface area (Å²) in [5, 5.41) is 6.04. The highest BCUT2D eigenvalue weighted by molar-refractivity contribution is 5.80. The van der Waals surface area contributed by atoms with E-state index in [-0.39, 0.29) is 11.9 Å². The van der Waals surface area contributed by atoms with Crippen LogP contribution in [0.4, 0.5) is 0 Å². The Hall–Kier alpha value is -0.610. The maximum Gasteiger partial charge on any atom is 0.236 e. The molecule has 0 aromatic rings. The third kappa shape index (κ3) is 3.80. The maximum atomic E-state index is 11.4. The fourth-order valence-corrected chi connectivity index (χ4v) is 2.04. The second-order valence-electron chi connectivity index (χ2n) is 4.42.